The van der Waals surface area contributed by atoms with E-state index in [-0.39, 0.29) is 0 Å². The minimum atomic E-state index is -0.559. The smallest absolute Gasteiger partial charge is 0.0820 e. The highest BCUT2D eigenvalue weighted by atomic mass is 32.1. The van der Waals surface area contributed by atoms with Gasteiger partial charge in [0.05, 0.1) is 10.8 Å². The van der Waals surface area contributed by atoms with Gasteiger partial charge >= 0.3 is 0 Å². The van der Waals surface area contributed by atoms with Crippen LogP contribution in [0.1, 0.15) is 43.8 Å². The van der Waals surface area contributed by atoms with Gasteiger partial charge in [0.25, 0.3) is 0 Å². The Kier molecular flexibility index (Phi) is 9.30. The van der Waals surface area contributed by atoms with Crippen LogP contribution in [0.5, 0.6) is 0 Å². The second kappa shape index (κ2) is 16.3. The third-order valence-corrected chi connectivity index (χ3v) is 17.2. The van der Waals surface area contributed by atoms with Crippen molar-refractivity contribution in [2.75, 3.05) is 9.80 Å². The molecule has 73 heavy (non-hydrogen) atoms. The Bertz CT molecular complexity index is 4010. The summed E-state index contributed by atoms with van der Waals surface area (Å²) in [5.41, 5.74) is 22.4. The van der Waals surface area contributed by atoms with E-state index in [1.165, 1.54) is 87.3 Å². The van der Waals surface area contributed by atoms with Gasteiger partial charge in [-0.1, -0.05) is 200 Å². The number of benzene rings is 11. The second-order valence-electron chi connectivity index (χ2n) is 19.5. The number of nitrogens with zero attached hydrogens (tertiary/aromatic N) is 2. The minimum absolute atomic E-state index is 0.531. The molecule has 3 heteroatoms. The van der Waals surface area contributed by atoms with Gasteiger partial charge in [0.1, 0.15) is 0 Å². The number of thiophene rings is 1. The molecule has 1 heterocycles. The van der Waals surface area contributed by atoms with Gasteiger partial charge in [-0.15, -0.1) is 11.3 Å². The molecule has 0 radical (unpaired) electrons. The number of para-hydroxylation sites is 3. The SMILES string of the molecule is c1ccc(N(c2ccccc2)c2ccc3c(c2)-c2c(sc4ccccc24)C32c3ccccc3-c3ccc(N(c4ccccc4)c4ccc5c(c4)C(c4ccccc4)(c4ccccc4)c4ccccc4-5)cc32)cc1. The zero-order chi connectivity index (χ0) is 48.1. The Morgan fingerprint density at radius 2 is 0.644 bits per heavy atom. The van der Waals surface area contributed by atoms with E-state index in [9.17, 15) is 0 Å². The molecular weight excluding hydrogens is 901 g/mol. The highest BCUT2D eigenvalue weighted by Crippen LogP contribution is 2.67. The summed E-state index contributed by atoms with van der Waals surface area (Å²) < 4.78 is 1.30. The van der Waals surface area contributed by atoms with E-state index in [1.54, 1.807) is 0 Å². The zero-order valence-electron chi connectivity index (χ0n) is 39.9. The first-order valence-electron chi connectivity index (χ1n) is 25.2. The summed E-state index contributed by atoms with van der Waals surface area (Å²) in [5, 5.41) is 1.30. The molecule has 12 aromatic rings. The molecule has 3 aliphatic rings. The second-order valence-corrected chi connectivity index (χ2v) is 20.5. The van der Waals surface area contributed by atoms with Gasteiger partial charge in [0.2, 0.25) is 0 Å². The summed E-state index contributed by atoms with van der Waals surface area (Å²) in [7, 11) is 0. The first kappa shape index (κ1) is 41.7. The van der Waals surface area contributed by atoms with Crippen molar-refractivity contribution in [3.63, 3.8) is 0 Å². The first-order chi connectivity index (χ1) is 36.2. The molecular formula is C70H46N2S. The standard InChI is InChI=1S/C70H46N2S/c1-6-22-47(23-7-1)69(48-24-8-2-9-25-48)61-35-19-16-32-55(61)57-41-38-53(45-64(57)69)72(51-30-14-5-15-31-51)54-39-42-58-56-33-17-20-36-62(56)70(65(58)46-54)63-43-40-52(44-60(63)67-59-34-18-21-37-66(59)73-68(67)70)71(49-26-10-3-11-27-49)50-28-12-4-13-29-50/h1-46H. The van der Waals surface area contributed by atoms with E-state index in [2.05, 4.69) is 289 Å². The molecule has 0 aliphatic heterocycles. The molecule has 1 atom stereocenters. The summed E-state index contributed by atoms with van der Waals surface area (Å²) in [6.07, 6.45) is 0. The van der Waals surface area contributed by atoms with Gasteiger partial charge in [-0.05, 0) is 146 Å². The third kappa shape index (κ3) is 5.92. The lowest BCUT2D eigenvalue weighted by Crippen LogP contribution is -2.28. The Labute approximate surface area is 430 Å². The van der Waals surface area contributed by atoms with Crippen LogP contribution in [0.3, 0.4) is 0 Å². The fourth-order valence-corrected chi connectivity index (χ4v) is 14.5. The highest BCUT2D eigenvalue weighted by Gasteiger charge is 2.54. The van der Waals surface area contributed by atoms with Gasteiger partial charge in [-0.25, -0.2) is 0 Å². The lowest BCUT2D eigenvalue weighted by Gasteiger charge is -2.35. The quantitative estimate of drug-likeness (QED) is 0.150. The predicted molar refractivity (Wildman–Crippen MR) is 305 cm³/mol. The van der Waals surface area contributed by atoms with Crippen molar-refractivity contribution in [1.82, 2.24) is 0 Å². The van der Waals surface area contributed by atoms with Crippen LogP contribution in [0.2, 0.25) is 0 Å². The average molecular weight is 947 g/mol. The van der Waals surface area contributed by atoms with Crippen LogP contribution < -0.4 is 9.80 Å². The number of fused-ring (bicyclic) bond motifs is 15. The van der Waals surface area contributed by atoms with E-state index >= 15 is 0 Å². The zero-order valence-corrected chi connectivity index (χ0v) is 40.7. The fourth-order valence-electron chi connectivity index (χ4n) is 13.0. The molecule has 1 spiro atoms. The largest absolute Gasteiger partial charge is 0.310 e. The van der Waals surface area contributed by atoms with Crippen LogP contribution in [0.4, 0.5) is 34.1 Å². The summed E-state index contributed by atoms with van der Waals surface area (Å²) >= 11 is 1.96. The third-order valence-electron chi connectivity index (χ3n) is 15.9. The van der Waals surface area contributed by atoms with Crippen molar-refractivity contribution in [3.8, 4) is 33.4 Å². The maximum Gasteiger partial charge on any atom is 0.0820 e. The van der Waals surface area contributed by atoms with E-state index in [4.69, 9.17) is 0 Å². The van der Waals surface area contributed by atoms with Crippen molar-refractivity contribution >= 4 is 55.5 Å². The number of anilines is 6. The van der Waals surface area contributed by atoms with Crippen molar-refractivity contribution in [2.24, 2.45) is 0 Å². The van der Waals surface area contributed by atoms with Gasteiger partial charge in [-0.2, -0.15) is 0 Å². The summed E-state index contributed by atoms with van der Waals surface area (Å²) in [6.45, 7) is 0. The maximum absolute atomic E-state index is 2.53. The summed E-state index contributed by atoms with van der Waals surface area (Å²) in [6, 6.07) is 104. The molecule has 15 rings (SSSR count). The van der Waals surface area contributed by atoms with Gasteiger partial charge in [0, 0.05) is 54.7 Å². The minimum Gasteiger partial charge on any atom is -0.310 e. The van der Waals surface area contributed by atoms with E-state index in [0.717, 1.165) is 34.1 Å². The Morgan fingerprint density at radius 1 is 0.260 bits per heavy atom. The maximum atomic E-state index is 2.53. The van der Waals surface area contributed by atoms with Crippen molar-refractivity contribution in [2.45, 2.75) is 10.8 Å². The number of hydrogen-bond acceptors (Lipinski definition) is 3. The lowest BCUT2D eigenvalue weighted by molar-refractivity contribution is 0.768. The van der Waals surface area contributed by atoms with Crippen LogP contribution in [-0.2, 0) is 10.8 Å². The topological polar surface area (TPSA) is 6.48 Å². The summed E-state index contributed by atoms with van der Waals surface area (Å²) in [5.74, 6) is 0. The van der Waals surface area contributed by atoms with Crippen molar-refractivity contribution in [1.29, 1.82) is 0 Å². The fraction of sp³-hybridized carbons (Fsp3) is 0.0286. The van der Waals surface area contributed by atoms with Crippen LogP contribution in [0, 0.1) is 0 Å². The van der Waals surface area contributed by atoms with Gasteiger partial charge < -0.3 is 9.80 Å². The molecule has 1 aromatic heterocycles. The Balaban J connectivity index is 0.977. The molecule has 11 aromatic carbocycles. The molecule has 0 N–H and O–H groups in total. The van der Waals surface area contributed by atoms with E-state index in [0.29, 0.717) is 0 Å². The monoisotopic (exact) mass is 946 g/mol. The molecule has 0 saturated heterocycles. The molecule has 1 unspecified atom stereocenters. The average Bonchev–Trinajstić information content (AvgIpc) is 4.17. The van der Waals surface area contributed by atoms with Crippen LogP contribution in [0.25, 0.3) is 43.5 Å². The Hall–Kier alpha value is -9.02. The Morgan fingerprint density at radius 3 is 1.19 bits per heavy atom. The lowest BCUT2D eigenvalue weighted by atomic mass is 9.67. The summed E-state index contributed by atoms with van der Waals surface area (Å²) in [4.78, 5) is 6.27. The van der Waals surface area contributed by atoms with Crippen molar-refractivity contribution < 1.29 is 0 Å². The number of hydrogen-bond donors (Lipinski definition) is 0. The van der Waals surface area contributed by atoms with Crippen LogP contribution in [-0.4, -0.2) is 0 Å². The van der Waals surface area contributed by atoms with E-state index in [1.807, 2.05) is 11.3 Å². The molecule has 0 saturated carbocycles. The van der Waals surface area contributed by atoms with Gasteiger partial charge in [0.15, 0.2) is 0 Å². The molecule has 0 fully saturated rings. The van der Waals surface area contributed by atoms with Gasteiger partial charge in [-0.3, -0.25) is 0 Å². The first-order valence-corrected chi connectivity index (χ1v) is 26.1. The number of rotatable bonds is 8. The molecule has 0 bridgehead atoms. The normalized spacial score (nSPS) is 15.0. The van der Waals surface area contributed by atoms with Crippen LogP contribution in [0.15, 0.2) is 279 Å². The molecule has 2 nitrogen and oxygen atoms in total. The molecule has 0 amide bonds. The van der Waals surface area contributed by atoms with Crippen molar-refractivity contribution in [3.05, 3.63) is 323 Å². The predicted octanol–water partition coefficient (Wildman–Crippen LogP) is 18.5. The van der Waals surface area contributed by atoms with E-state index < -0.39 is 10.8 Å². The van der Waals surface area contributed by atoms with Crippen LogP contribution >= 0.6 is 11.3 Å². The molecule has 342 valence electrons. The molecule has 3 aliphatic carbocycles. The highest BCUT2D eigenvalue weighted by molar-refractivity contribution is 7.20.